The van der Waals surface area contributed by atoms with Crippen LogP contribution in [0.4, 0.5) is 8.78 Å². The van der Waals surface area contributed by atoms with Crippen molar-refractivity contribution in [2.75, 3.05) is 6.54 Å². The molecule has 1 atom stereocenters. The Kier molecular flexibility index (Phi) is 3.05. The molecule has 1 aliphatic carbocycles. The van der Waals surface area contributed by atoms with Crippen LogP contribution in [0.2, 0.25) is 0 Å². The van der Waals surface area contributed by atoms with Gasteiger partial charge in [0.1, 0.15) is 0 Å². The summed E-state index contributed by atoms with van der Waals surface area (Å²) in [5.41, 5.74) is 0. The molecule has 0 bridgehead atoms. The molecular weight excluding hydrogens is 184 g/mol. The van der Waals surface area contributed by atoms with Crippen LogP contribution in [0.3, 0.4) is 0 Å². The molecule has 1 nitrogen and oxygen atoms in total. The number of piperidine rings is 1. The van der Waals surface area contributed by atoms with E-state index in [2.05, 4.69) is 5.32 Å². The summed E-state index contributed by atoms with van der Waals surface area (Å²) in [6.45, 7) is -0.103. The average Bonchev–Trinajstić information content (AvgIpc) is 2.19. The molecule has 0 spiro atoms. The summed E-state index contributed by atoms with van der Waals surface area (Å²) >= 11 is 0. The van der Waals surface area contributed by atoms with E-state index in [0.717, 1.165) is 0 Å². The quantitative estimate of drug-likeness (QED) is 0.691. The van der Waals surface area contributed by atoms with Gasteiger partial charge >= 0.3 is 0 Å². The molecule has 82 valence electrons. The maximum atomic E-state index is 12.9. The molecule has 3 heteroatoms. The van der Waals surface area contributed by atoms with Gasteiger partial charge in [0.2, 0.25) is 0 Å². The number of alkyl halides is 2. The van der Waals surface area contributed by atoms with Crippen LogP contribution in [0.25, 0.3) is 0 Å². The zero-order chi connectivity index (χ0) is 10.0. The summed E-state index contributed by atoms with van der Waals surface area (Å²) < 4.78 is 25.8. The molecule has 1 heterocycles. The van der Waals surface area contributed by atoms with Crippen LogP contribution >= 0.6 is 0 Å². The van der Waals surface area contributed by atoms with Gasteiger partial charge in [0.15, 0.2) is 0 Å². The van der Waals surface area contributed by atoms with Crippen LogP contribution in [-0.4, -0.2) is 18.5 Å². The maximum Gasteiger partial charge on any atom is 0.260 e. The third-order valence-electron chi connectivity index (χ3n) is 3.66. The van der Waals surface area contributed by atoms with Gasteiger partial charge in [-0.05, 0) is 25.2 Å². The fourth-order valence-corrected chi connectivity index (χ4v) is 2.78. The summed E-state index contributed by atoms with van der Waals surface area (Å²) in [5, 5.41) is 3.03. The predicted molar refractivity (Wildman–Crippen MR) is 52.5 cm³/mol. The highest BCUT2D eigenvalue weighted by Gasteiger charge is 2.37. The van der Waals surface area contributed by atoms with Crippen molar-refractivity contribution in [3.05, 3.63) is 0 Å². The zero-order valence-electron chi connectivity index (χ0n) is 8.57. The molecule has 1 saturated carbocycles. The summed E-state index contributed by atoms with van der Waals surface area (Å²) in [5.74, 6) is -1.79. The Bertz CT molecular complexity index is 178. The molecular formula is C11H19F2N. The van der Waals surface area contributed by atoms with Gasteiger partial charge in [-0.25, -0.2) is 8.78 Å². The van der Waals surface area contributed by atoms with Crippen molar-refractivity contribution >= 4 is 0 Å². The Morgan fingerprint density at radius 1 is 1.00 bits per heavy atom. The van der Waals surface area contributed by atoms with E-state index in [0.29, 0.717) is 18.4 Å². The Morgan fingerprint density at radius 3 is 2.29 bits per heavy atom. The molecule has 0 aromatic rings. The lowest BCUT2D eigenvalue weighted by Crippen LogP contribution is -2.48. The SMILES string of the molecule is FC1(F)CCC(C2CCCCC2)NC1. The van der Waals surface area contributed by atoms with Crippen LogP contribution in [0.1, 0.15) is 44.9 Å². The number of rotatable bonds is 1. The molecule has 0 aromatic heterocycles. The van der Waals surface area contributed by atoms with Crippen molar-refractivity contribution < 1.29 is 8.78 Å². The maximum absolute atomic E-state index is 12.9. The normalized spacial score (nSPS) is 34.3. The third-order valence-corrected chi connectivity index (χ3v) is 3.66. The largest absolute Gasteiger partial charge is 0.308 e. The van der Waals surface area contributed by atoms with E-state index in [-0.39, 0.29) is 13.0 Å². The van der Waals surface area contributed by atoms with Gasteiger partial charge in [-0.2, -0.15) is 0 Å². The third kappa shape index (κ3) is 2.44. The first kappa shape index (κ1) is 10.3. The molecule has 0 radical (unpaired) electrons. The first-order valence-corrected chi connectivity index (χ1v) is 5.79. The van der Waals surface area contributed by atoms with Gasteiger partial charge < -0.3 is 5.32 Å². The minimum atomic E-state index is -2.45. The molecule has 2 fully saturated rings. The molecule has 2 aliphatic rings. The van der Waals surface area contributed by atoms with Crippen molar-refractivity contribution in [1.29, 1.82) is 0 Å². The smallest absolute Gasteiger partial charge is 0.260 e. The molecule has 1 saturated heterocycles. The molecule has 1 N–H and O–H groups in total. The monoisotopic (exact) mass is 203 g/mol. The lowest BCUT2D eigenvalue weighted by Gasteiger charge is -2.36. The van der Waals surface area contributed by atoms with Crippen LogP contribution in [0.5, 0.6) is 0 Å². The first-order chi connectivity index (χ1) is 6.67. The average molecular weight is 203 g/mol. The topological polar surface area (TPSA) is 12.0 Å². The van der Waals surface area contributed by atoms with E-state index in [1.165, 1.54) is 32.1 Å². The van der Waals surface area contributed by atoms with E-state index in [1.807, 2.05) is 0 Å². The minimum Gasteiger partial charge on any atom is -0.308 e. The van der Waals surface area contributed by atoms with Gasteiger partial charge in [-0.1, -0.05) is 19.3 Å². The summed E-state index contributed by atoms with van der Waals surface area (Å²) in [4.78, 5) is 0. The Labute approximate surface area is 84.3 Å². The van der Waals surface area contributed by atoms with Gasteiger partial charge in [-0.3, -0.25) is 0 Å². The summed E-state index contributed by atoms with van der Waals surface area (Å²) in [6.07, 6.45) is 7.14. The second-order valence-electron chi connectivity index (χ2n) is 4.78. The highest BCUT2D eigenvalue weighted by Crippen LogP contribution is 2.33. The van der Waals surface area contributed by atoms with Crippen molar-refractivity contribution in [2.24, 2.45) is 5.92 Å². The molecule has 0 amide bonds. The van der Waals surface area contributed by atoms with Gasteiger partial charge in [-0.15, -0.1) is 0 Å². The Hall–Kier alpha value is -0.180. The number of hydrogen-bond acceptors (Lipinski definition) is 1. The fourth-order valence-electron chi connectivity index (χ4n) is 2.78. The lowest BCUT2D eigenvalue weighted by atomic mass is 9.80. The zero-order valence-corrected chi connectivity index (χ0v) is 8.57. The number of nitrogens with one attached hydrogen (secondary N) is 1. The Balaban J connectivity index is 1.82. The molecule has 0 aromatic carbocycles. The lowest BCUT2D eigenvalue weighted by molar-refractivity contribution is -0.0368. The van der Waals surface area contributed by atoms with Crippen molar-refractivity contribution in [3.63, 3.8) is 0 Å². The van der Waals surface area contributed by atoms with Crippen LogP contribution in [0.15, 0.2) is 0 Å². The van der Waals surface area contributed by atoms with Crippen molar-refractivity contribution in [2.45, 2.75) is 56.9 Å². The molecule has 2 rings (SSSR count). The number of halogens is 2. The van der Waals surface area contributed by atoms with E-state index in [1.54, 1.807) is 0 Å². The van der Waals surface area contributed by atoms with Crippen molar-refractivity contribution in [1.82, 2.24) is 5.32 Å². The first-order valence-electron chi connectivity index (χ1n) is 5.79. The van der Waals surface area contributed by atoms with Gasteiger partial charge in [0, 0.05) is 12.5 Å². The van der Waals surface area contributed by atoms with Crippen molar-refractivity contribution in [3.8, 4) is 0 Å². The number of hydrogen-bond donors (Lipinski definition) is 1. The van der Waals surface area contributed by atoms with E-state index >= 15 is 0 Å². The van der Waals surface area contributed by atoms with E-state index in [4.69, 9.17) is 0 Å². The van der Waals surface area contributed by atoms with Gasteiger partial charge in [0.25, 0.3) is 5.92 Å². The van der Waals surface area contributed by atoms with Crippen LogP contribution in [-0.2, 0) is 0 Å². The highest BCUT2D eigenvalue weighted by molar-refractivity contribution is 4.87. The standard InChI is InChI=1S/C11H19F2N/c12-11(13)7-6-10(14-8-11)9-4-2-1-3-5-9/h9-10,14H,1-8H2. The predicted octanol–water partition coefficient (Wildman–Crippen LogP) is 2.95. The van der Waals surface area contributed by atoms with Gasteiger partial charge in [0.05, 0.1) is 6.54 Å². The second-order valence-corrected chi connectivity index (χ2v) is 4.78. The van der Waals surface area contributed by atoms with Crippen LogP contribution < -0.4 is 5.32 Å². The van der Waals surface area contributed by atoms with E-state index < -0.39 is 5.92 Å². The minimum absolute atomic E-state index is 0.0845. The van der Waals surface area contributed by atoms with Crippen LogP contribution in [0, 0.1) is 5.92 Å². The summed E-state index contributed by atoms with van der Waals surface area (Å²) in [6, 6.07) is 0.370. The fraction of sp³-hybridized carbons (Fsp3) is 1.00. The Morgan fingerprint density at radius 2 is 1.71 bits per heavy atom. The molecule has 14 heavy (non-hydrogen) atoms. The second kappa shape index (κ2) is 4.13. The summed E-state index contributed by atoms with van der Waals surface area (Å²) in [7, 11) is 0. The molecule has 1 unspecified atom stereocenters. The highest BCUT2D eigenvalue weighted by atomic mass is 19.3. The van der Waals surface area contributed by atoms with E-state index in [9.17, 15) is 8.78 Å². The molecule has 1 aliphatic heterocycles.